The lowest BCUT2D eigenvalue weighted by molar-refractivity contribution is -0.130. The maximum atomic E-state index is 12.4. The second-order valence-electron chi connectivity index (χ2n) is 6.12. The van der Waals surface area contributed by atoms with E-state index in [1.165, 1.54) is 10.4 Å². The first-order valence-corrected chi connectivity index (χ1v) is 8.72. The van der Waals surface area contributed by atoms with E-state index in [-0.39, 0.29) is 12.5 Å². The molecule has 0 atom stereocenters. The minimum atomic E-state index is 0.132. The van der Waals surface area contributed by atoms with Gasteiger partial charge in [0.1, 0.15) is 16.5 Å². The van der Waals surface area contributed by atoms with Crippen molar-refractivity contribution in [1.29, 1.82) is 0 Å². The topological polar surface area (TPSA) is 61.4 Å². The number of piperazine rings is 1. The van der Waals surface area contributed by atoms with E-state index in [1.807, 2.05) is 11.8 Å². The summed E-state index contributed by atoms with van der Waals surface area (Å²) in [5, 5.41) is 4.29. The highest BCUT2D eigenvalue weighted by atomic mass is 32.1. The molecule has 3 heterocycles. The molecule has 6 nitrogen and oxygen atoms in total. The fraction of sp³-hybridized carbons (Fsp3) is 0.562. The van der Waals surface area contributed by atoms with Crippen molar-refractivity contribution < 1.29 is 4.79 Å². The molecule has 1 fully saturated rings. The van der Waals surface area contributed by atoms with Crippen LogP contribution >= 0.6 is 11.3 Å². The molecule has 23 heavy (non-hydrogen) atoms. The third-order valence-electron chi connectivity index (χ3n) is 4.40. The van der Waals surface area contributed by atoms with Crippen LogP contribution in [0, 0.1) is 20.8 Å². The van der Waals surface area contributed by atoms with Gasteiger partial charge in [0.25, 0.3) is 0 Å². The number of hydrogen-bond acceptors (Lipinski definition) is 6. The summed E-state index contributed by atoms with van der Waals surface area (Å²) < 4.78 is 0. The Bertz CT molecular complexity index is 734. The molecule has 0 saturated carbocycles. The van der Waals surface area contributed by atoms with E-state index >= 15 is 0 Å². The van der Waals surface area contributed by atoms with Gasteiger partial charge in [0.05, 0.1) is 11.9 Å². The normalized spacial score (nSPS) is 16.1. The molecule has 1 N–H and O–H groups in total. The minimum absolute atomic E-state index is 0.132. The lowest BCUT2D eigenvalue weighted by Crippen LogP contribution is -2.48. The number of anilines is 1. The van der Waals surface area contributed by atoms with Gasteiger partial charge in [-0.25, -0.2) is 9.97 Å². The number of nitrogens with one attached hydrogen (secondary N) is 1. The van der Waals surface area contributed by atoms with Crippen LogP contribution in [0.15, 0.2) is 0 Å². The zero-order valence-electron chi connectivity index (χ0n) is 14.1. The first-order valence-electron chi connectivity index (χ1n) is 7.90. The number of hydrogen-bond donors (Lipinski definition) is 1. The molecule has 1 aliphatic rings. The van der Waals surface area contributed by atoms with Gasteiger partial charge in [-0.1, -0.05) is 0 Å². The fourth-order valence-corrected chi connectivity index (χ4v) is 3.89. The summed E-state index contributed by atoms with van der Waals surface area (Å²) in [6.07, 6.45) is 0. The lowest BCUT2D eigenvalue weighted by Gasteiger charge is -2.32. The van der Waals surface area contributed by atoms with E-state index < -0.39 is 0 Å². The Kier molecular flexibility index (Phi) is 4.50. The average Bonchev–Trinajstić information content (AvgIpc) is 2.79. The summed E-state index contributed by atoms with van der Waals surface area (Å²) in [6, 6.07) is 0. The fourth-order valence-electron chi connectivity index (χ4n) is 2.81. The van der Waals surface area contributed by atoms with Crippen LogP contribution in [-0.2, 0) is 4.79 Å². The van der Waals surface area contributed by atoms with Crippen LogP contribution in [0.2, 0.25) is 0 Å². The van der Waals surface area contributed by atoms with Crippen LogP contribution in [0.1, 0.15) is 16.3 Å². The molecule has 7 heteroatoms. The van der Waals surface area contributed by atoms with Gasteiger partial charge in [0.15, 0.2) is 0 Å². The van der Waals surface area contributed by atoms with Crippen molar-refractivity contribution in [3.63, 3.8) is 0 Å². The molecule has 1 amide bonds. The molecule has 0 bridgehead atoms. The van der Waals surface area contributed by atoms with Gasteiger partial charge in [-0.05, 0) is 33.4 Å². The van der Waals surface area contributed by atoms with Crippen LogP contribution in [0.3, 0.4) is 0 Å². The van der Waals surface area contributed by atoms with Crippen molar-refractivity contribution in [2.45, 2.75) is 20.8 Å². The first kappa shape index (κ1) is 16.1. The van der Waals surface area contributed by atoms with Crippen molar-refractivity contribution in [3.8, 4) is 0 Å². The Labute approximate surface area is 140 Å². The number of nitrogens with zero attached hydrogens (tertiary/aromatic N) is 4. The number of aromatic nitrogens is 2. The lowest BCUT2D eigenvalue weighted by atomic mass is 10.2. The number of fused-ring (bicyclic) bond motifs is 1. The monoisotopic (exact) mass is 333 g/mol. The quantitative estimate of drug-likeness (QED) is 0.928. The highest BCUT2D eigenvalue weighted by Gasteiger charge is 2.20. The molecule has 2 aromatic heterocycles. The number of rotatable bonds is 3. The van der Waals surface area contributed by atoms with Crippen molar-refractivity contribution >= 4 is 33.3 Å². The number of carbonyl (C=O) groups is 1. The maximum absolute atomic E-state index is 12.4. The third kappa shape index (κ3) is 3.30. The van der Waals surface area contributed by atoms with Gasteiger partial charge in [0.2, 0.25) is 5.91 Å². The van der Waals surface area contributed by atoms with Crippen molar-refractivity contribution in [1.82, 2.24) is 19.8 Å². The predicted molar refractivity (Wildman–Crippen MR) is 94.2 cm³/mol. The zero-order valence-corrected chi connectivity index (χ0v) is 15.0. The number of thiophene rings is 1. The van der Waals surface area contributed by atoms with Crippen molar-refractivity contribution in [3.05, 3.63) is 16.3 Å². The predicted octanol–water partition coefficient (Wildman–Crippen LogP) is 1.80. The Morgan fingerprint density at radius 3 is 2.57 bits per heavy atom. The third-order valence-corrected chi connectivity index (χ3v) is 5.50. The summed E-state index contributed by atoms with van der Waals surface area (Å²) >= 11 is 1.68. The summed E-state index contributed by atoms with van der Waals surface area (Å²) in [5.74, 6) is 1.64. The van der Waals surface area contributed by atoms with E-state index in [1.54, 1.807) is 11.3 Å². The van der Waals surface area contributed by atoms with Gasteiger partial charge >= 0.3 is 0 Å². The average molecular weight is 333 g/mol. The molecule has 0 aliphatic carbocycles. The summed E-state index contributed by atoms with van der Waals surface area (Å²) in [6.45, 7) is 9.81. The van der Waals surface area contributed by atoms with Crippen LogP contribution in [0.5, 0.6) is 0 Å². The van der Waals surface area contributed by atoms with Gasteiger partial charge in [-0.3, -0.25) is 4.79 Å². The molecule has 0 aromatic carbocycles. The minimum Gasteiger partial charge on any atom is -0.360 e. The molecule has 124 valence electrons. The van der Waals surface area contributed by atoms with Crippen molar-refractivity contribution in [2.75, 3.05) is 45.1 Å². The van der Waals surface area contributed by atoms with E-state index in [9.17, 15) is 4.79 Å². The zero-order chi connectivity index (χ0) is 16.6. The molecule has 2 aromatic rings. The molecule has 0 unspecified atom stereocenters. The van der Waals surface area contributed by atoms with E-state index in [0.29, 0.717) is 0 Å². The molecule has 0 spiro atoms. The second kappa shape index (κ2) is 6.41. The van der Waals surface area contributed by atoms with Crippen LogP contribution in [0.25, 0.3) is 10.2 Å². The summed E-state index contributed by atoms with van der Waals surface area (Å²) in [5.41, 5.74) is 1.19. The number of likely N-dealkylation sites (N-methyl/N-ethyl adjacent to an activating group) is 1. The Balaban J connectivity index is 1.75. The second-order valence-corrected chi connectivity index (χ2v) is 7.32. The van der Waals surface area contributed by atoms with Crippen LogP contribution in [-0.4, -0.2) is 65.4 Å². The van der Waals surface area contributed by atoms with Crippen molar-refractivity contribution in [2.24, 2.45) is 0 Å². The molecule has 0 radical (unpaired) electrons. The van der Waals surface area contributed by atoms with Crippen LogP contribution in [0.4, 0.5) is 5.82 Å². The molecular formula is C16H23N5OS. The van der Waals surface area contributed by atoms with Gasteiger partial charge < -0.3 is 15.1 Å². The smallest absolute Gasteiger partial charge is 0.242 e. The highest BCUT2D eigenvalue weighted by Crippen LogP contribution is 2.33. The van der Waals surface area contributed by atoms with Gasteiger partial charge in [-0.2, -0.15) is 0 Å². The molecular weight excluding hydrogens is 310 g/mol. The molecule has 1 saturated heterocycles. The number of aryl methyl sites for hydroxylation is 3. The maximum Gasteiger partial charge on any atom is 0.242 e. The van der Waals surface area contributed by atoms with Gasteiger partial charge in [0, 0.05) is 31.1 Å². The standard InChI is InChI=1S/C16H23N5OS/c1-10-11(2)23-16-14(10)15(18-12(3)19-16)17-9-13(22)21-7-5-20(4)6-8-21/h5-9H2,1-4H3,(H,17,18,19). The van der Waals surface area contributed by atoms with E-state index in [4.69, 9.17) is 0 Å². The summed E-state index contributed by atoms with van der Waals surface area (Å²) in [7, 11) is 2.09. The Morgan fingerprint density at radius 2 is 1.87 bits per heavy atom. The largest absolute Gasteiger partial charge is 0.360 e. The van der Waals surface area contributed by atoms with Gasteiger partial charge in [-0.15, -0.1) is 11.3 Å². The SMILES string of the molecule is Cc1nc(NCC(=O)N2CCN(C)CC2)c2c(C)c(C)sc2n1. The van der Waals surface area contributed by atoms with Crippen LogP contribution < -0.4 is 5.32 Å². The first-order chi connectivity index (χ1) is 11.0. The molecule has 1 aliphatic heterocycles. The van der Waals surface area contributed by atoms with E-state index in [0.717, 1.165) is 48.0 Å². The molecule has 3 rings (SSSR count). The Hall–Kier alpha value is -1.73. The van der Waals surface area contributed by atoms with E-state index in [2.05, 4.69) is 41.1 Å². The Morgan fingerprint density at radius 1 is 1.17 bits per heavy atom. The summed E-state index contributed by atoms with van der Waals surface area (Å²) in [4.78, 5) is 27.8. The number of carbonyl (C=O) groups excluding carboxylic acids is 1. The number of amides is 1. The highest BCUT2D eigenvalue weighted by molar-refractivity contribution is 7.18.